The summed E-state index contributed by atoms with van der Waals surface area (Å²) in [5.74, 6) is 0.528. The summed E-state index contributed by atoms with van der Waals surface area (Å²) in [6.07, 6.45) is 0.860. The Labute approximate surface area is 143 Å². The molecule has 0 aromatic carbocycles. The highest BCUT2D eigenvalue weighted by molar-refractivity contribution is 7.11. The van der Waals surface area contributed by atoms with Gasteiger partial charge in [-0.1, -0.05) is 0 Å². The molecule has 128 valence electrons. The van der Waals surface area contributed by atoms with Crippen molar-refractivity contribution in [2.24, 2.45) is 7.05 Å². The lowest BCUT2D eigenvalue weighted by atomic mass is 10.0. The van der Waals surface area contributed by atoms with E-state index in [1.165, 1.54) is 21.4 Å². The minimum Gasteiger partial charge on any atom is -0.364 e. The molecule has 1 fully saturated rings. The first-order valence-corrected chi connectivity index (χ1v) is 8.86. The maximum Gasteiger partial charge on any atom is 0.332 e. The molecule has 1 saturated heterocycles. The van der Waals surface area contributed by atoms with E-state index in [1.807, 2.05) is 11.3 Å². The SMILES string of the molecule is Cc1ccc(CN2CC[C@@]3(C2)Cn2c(nn(C)c(=O)c2=O)CO3)s1. The Kier molecular flexibility index (Phi) is 3.70. The molecule has 2 aromatic heterocycles. The van der Waals surface area contributed by atoms with E-state index in [9.17, 15) is 9.59 Å². The van der Waals surface area contributed by atoms with E-state index in [4.69, 9.17) is 4.74 Å². The molecule has 4 rings (SSSR count). The first-order valence-electron chi connectivity index (χ1n) is 8.04. The second-order valence-electron chi connectivity index (χ2n) is 6.68. The zero-order valence-electron chi connectivity index (χ0n) is 13.8. The van der Waals surface area contributed by atoms with Gasteiger partial charge in [0.15, 0.2) is 5.82 Å². The minimum absolute atomic E-state index is 0.273. The molecular formula is C16H20N4O3S. The standard InChI is InChI=1S/C16H20N4O3S/c1-11-3-4-12(24-11)7-19-6-5-16(9-19)10-20-13(8-23-16)17-18(2)14(21)15(20)22/h3-4H,5-10H2,1-2H3/t16-/m1/s1. The number of ether oxygens (including phenoxy) is 1. The summed E-state index contributed by atoms with van der Waals surface area (Å²) in [5.41, 5.74) is -1.48. The normalized spacial score (nSPS) is 23.8. The maximum atomic E-state index is 12.3. The van der Waals surface area contributed by atoms with Gasteiger partial charge in [-0.15, -0.1) is 11.3 Å². The Balaban J connectivity index is 1.55. The molecule has 2 aliphatic rings. The molecule has 8 heteroatoms. The molecule has 0 aliphatic carbocycles. The molecule has 0 N–H and O–H groups in total. The average molecular weight is 348 g/mol. The van der Waals surface area contributed by atoms with Gasteiger partial charge in [0, 0.05) is 36.4 Å². The van der Waals surface area contributed by atoms with Gasteiger partial charge in [-0.2, -0.15) is 5.10 Å². The predicted molar refractivity (Wildman–Crippen MR) is 90.2 cm³/mol. The van der Waals surface area contributed by atoms with Crippen LogP contribution in [0.1, 0.15) is 22.0 Å². The van der Waals surface area contributed by atoms with Crippen LogP contribution in [0.25, 0.3) is 0 Å². The van der Waals surface area contributed by atoms with Gasteiger partial charge >= 0.3 is 11.1 Å². The maximum absolute atomic E-state index is 12.3. The second kappa shape index (κ2) is 5.65. The molecule has 1 spiro atoms. The van der Waals surface area contributed by atoms with Crippen molar-refractivity contribution in [2.45, 2.75) is 38.6 Å². The van der Waals surface area contributed by atoms with E-state index in [0.29, 0.717) is 12.4 Å². The topological polar surface area (TPSA) is 69.4 Å². The van der Waals surface area contributed by atoms with Gasteiger partial charge in [0.1, 0.15) is 12.2 Å². The Morgan fingerprint density at radius 1 is 1.29 bits per heavy atom. The van der Waals surface area contributed by atoms with Crippen molar-refractivity contribution in [1.29, 1.82) is 0 Å². The largest absolute Gasteiger partial charge is 0.364 e. The van der Waals surface area contributed by atoms with Crippen LogP contribution >= 0.6 is 11.3 Å². The Morgan fingerprint density at radius 3 is 2.88 bits per heavy atom. The zero-order chi connectivity index (χ0) is 16.9. The molecule has 4 heterocycles. The Hall–Kier alpha value is -1.77. The number of nitrogens with zero attached hydrogens (tertiary/aromatic N) is 4. The lowest BCUT2D eigenvalue weighted by Crippen LogP contribution is -2.52. The summed E-state index contributed by atoms with van der Waals surface area (Å²) >= 11 is 1.81. The molecule has 0 saturated carbocycles. The van der Waals surface area contributed by atoms with Crippen molar-refractivity contribution >= 4 is 11.3 Å². The molecule has 24 heavy (non-hydrogen) atoms. The highest BCUT2D eigenvalue weighted by atomic mass is 32.1. The van der Waals surface area contributed by atoms with E-state index in [2.05, 4.69) is 29.1 Å². The first kappa shape index (κ1) is 15.7. The van der Waals surface area contributed by atoms with Crippen molar-refractivity contribution in [3.8, 4) is 0 Å². The van der Waals surface area contributed by atoms with Crippen LogP contribution in [0.4, 0.5) is 0 Å². The molecule has 2 aliphatic heterocycles. The van der Waals surface area contributed by atoms with Gasteiger partial charge < -0.3 is 4.74 Å². The zero-order valence-corrected chi connectivity index (χ0v) is 14.6. The van der Waals surface area contributed by atoms with Crippen LogP contribution in [0.15, 0.2) is 21.7 Å². The fourth-order valence-electron chi connectivity index (χ4n) is 3.56. The van der Waals surface area contributed by atoms with Crippen molar-refractivity contribution in [2.75, 3.05) is 13.1 Å². The van der Waals surface area contributed by atoms with Gasteiger partial charge in [0.2, 0.25) is 0 Å². The number of likely N-dealkylation sites (tertiary alicyclic amines) is 1. The number of aryl methyl sites for hydroxylation is 2. The smallest absolute Gasteiger partial charge is 0.332 e. The van der Waals surface area contributed by atoms with E-state index >= 15 is 0 Å². The van der Waals surface area contributed by atoms with E-state index in [1.54, 1.807) is 0 Å². The molecule has 0 unspecified atom stereocenters. The minimum atomic E-state index is -0.584. The predicted octanol–water partition coefficient (Wildman–Crippen LogP) is 0.487. The van der Waals surface area contributed by atoms with Crippen LogP contribution in [-0.4, -0.2) is 37.9 Å². The van der Waals surface area contributed by atoms with Crippen LogP contribution in [0.3, 0.4) is 0 Å². The molecule has 1 atom stereocenters. The summed E-state index contributed by atoms with van der Waals surface area (Å²) in [6, 6.07) is 4.31. The average Bonchev–Trinajstić information content (AvgIpc) is 3.13. The molecule has 0 amide bonds. The van der Waals surface area contributed by atoms with Crippen LogP contribution in [0.2, 0.25) is 0 Å². The fourth-order valence-corrected chi connectivity index (χ4v) is 4.50. The van der Waals surface area contributed by atoms with Crippen LogP contribution < -0.4 is 11.1 Å². The molecule has 7 nitrogen and oxygen atoms in total. The number of hydrogen-bond donors (Lipinski definition) is 0. The van der Waals surface area contributed by atoms with Crippen molar-refractivity contribution in [3.63, 3.8) is 0 Å². The molecular weight excluding hydrogens is 328 g/mol. The van der Waals surface area contributed by atoms with E-state index in [-0.39, 0.29) is 6.61 Å². The van der Waals surface area contributed by atoms with Crippen LogP contribution in [0, 0.1) is 6.92 Å². The monoisotopic (exact) mass is 348 g/mol. The summed E-state index contributed by atoms with van der Waals surface area (Å²) in [6.45, 7) is 5.39. The van der Waals surface area contributed by atoms with E-state index < -0.39 is 16.7 Å². The summed E-state index contributed by atoms with van der Waals surface area (Å²) in [4.78, 5) is 29.2. The highest BCUT2D eigenvalue weighted by Gasteiger charge is 2.43. The first-order chi connectivity index (χ1) is 11.5. The summed E-state index contributed by atoms with van der Waals surface area (Å²) in [5, 5.41) is 4.15. The highest BCUT2D eigenvalue weighted by Crippen LogP contribution is 2.32. The Morgan fingerprint density at radius 2 is 2.12 bits per heavy atom. The summed E-state index contributed by atoms with van der Waals surface area (Å²) in [7, 11) is 1.50. The Bertz CT molecular complexity index is 899. The molecule has 0 bridgehead atoms. The lowest BCUT2D eigenvalue weighted by molar-refractivity contribution is -0.0857. The van der Waals surface area contributed by atoms with E-state index in [0.717, 1.165) is 30.7 Å². The number of hydrogen-bond acceptors (Lipinski definition) is 6. The van der Waals surface area contributed by atoms with Crippen molar-refractivity contribution < 1.29 is 4.74 Å². The third-order valence-corrected chi connectivity index (χ3v) is 5.81. The van der Waals surface area contributed by atoms with Crippen LogP contribution in [-0.2, 0) is 31.5 Å². The number of fused-ring (bicyclic) bond motifs is 1. The van der Waals surface area contributed by atoms with Gasteiger partial charge in [-0.3, -0.25) is 19.1 Å². The third kappa shape index (κ3) is 2.64. The molecule has 2 aromatic rings. The van der Waals surface area contributed by atoms with Crippen molar-refractivity contribution in [3.05, 3.63) is 48.4 Å². The lowest BCUT2D eigenvalue weighted by Gasteiger charge is -2.35. The number of rotatable bonds is 2. The second-order valence-corrected chi connectivity index (χ2v) is 8.05. The van der Waals surface area contributed by atoms with Crippen molar-refractivity contribution in [1.82, 2.24) is 19.2 Å². The third-order valence-electron chi connectivity index (χ3n) is 4.82. The van der Waals surface area contributed by atoms with Gasteiger partial charge in [-0.05, 0) is 25.5 Å². The van der Waals surface area contributed by atoms with Gasteiger partial charge in [0.25, 0.3) is 0 Å². The van der Waals surface area contributed by atoms with Gasteiger partial charge in [0.05, 0.1) is 6.54 Å². The number of aromatic nitrogens is 3. The number of thiophene rings is 1. The summed E-state index contributed by atoms with van der Waals surface area (Å²) < 4.78 is 8.70. The van der Waals surface area contributed by atoms with Crippen LogP contribution in [0.5, 0.6) is 0 Å². The molecule has 0 radical (unpaired) electrons. The van der Waals surface area contributed by atoms with Gasteiger partial charge in [-0.25, -0.2) is 4.68 Å². The quantitative estimate of drug-likeness (QED) is 0.739. The fraction of sp³-hybridized carbons (Fsp3) is 0.562.